The Morgan fingerprint density at radius 3 is 2.57 bits per heavy atom. The van der Waals surface area contributed by atoms with E-state index in [1.807, 2.05) is 61.5 Å². The lowest BCUT2D eigenvalue weighted by molar-refractivity contribution is 0.0830. The van der Waals surface area contributed by atoms with Gasteiger partial charge in [0.05, 0.1) is 30.7 Å². The molecule has 2 atom stereocenters. The van der Waals surface area contributed by atoms with Crippen LogP contribution in [0.2, 0.25) is 0 Å². The highest BCUT2D eigenvalue weighted by molar-refractivity contribution is 9.10. The molecule has 0 unspecified atom stereocenters. The fraction of sp³-hybridized carbons (Fsp3) is 0.387. The monoisotopic (exact) mass is 660 g/mol. The molecule has 1 amide bonds. The van der Waals surface area contributed by atoms with E-state index >= 15 is 0 Å². The molecule has 1 saturated heterocycles. The zero-order valence-corrected chi connectivity index (χ0v) is 26.5. The zero-order chi connectivity index (χ0) is 30.1. The lowest BCUT2D eigenvalue weighted by atomic mass is 10.00. The molecule has 3 aromatic rings. The zero-order valence-electron chi connectivity index (χ0n) is 24.1. The maximum atomic E-state index is 13.7. The number of halogens is 1. The summed E-state index contributed by atoms with van der Waals surface area (Å²) in [6, 6.07) is 20.2. The van der Waals surface area contributed by atoms with Crippen molar-refractivity contribution in [2.45, 2.75) is 44.9 Å². The van der Waals surface area contributed by atoms with E-state index in [0.717, 1.165) is 34.2 Å². The van der Waals surface area contributed by atoms with Gasteiger partial charge in [0.1, 0.15) is 5.75 Å². The Bertz CT molecular complexity index is 1330. The fourth-order valence-electron chi connectivity index (χ4n) is 5.05. The SMILES string of the molecule is CCNc1cc(C(=O)N[C@@H](Cc2ccccc2)[C@@H](O)CNCc2cc(Br)cc(OC)c2)cc(N2CCCCS2(O)O)c1. The molecule has 0 saturated carbocycles. The van der Waals surface area contributed by atoms with Gasteiger partial charge in [-0.25, -0.2) is 0 Å². The number of nitrogens with zero attached hydrogens (tertiary/aromatic N) is 1. The van der Waals surface area contributed by atoms with Gasteiger partial charge in [0.25, 0.3) is 5.91 Å². The third-order valence-electron chi connectivity index (χ3n) is 7.16. The number of hydrogen-bond acceptors (Lipinski definition) is 8. The third-order valence-corrected chi connectivity index (χ3v) is 9.55. The predicted molar refractivity (Wildman–Crippen MR) is 175 cm³/mol. The fourth-order valence-corrected chi connectivity index (χ4v) is 7.24. The summed E-state index contributed by atoms with van der Waals surface area (Å²) >= 11 is 3.50. The van der Waals surface area contributed by atoms with Gasteiger partial charge in [-0.05, 0) is 73.7 Å². The smallest absolute Gasteiger partial charge is 0.251 e. The van der Waals surface area contributed by atoms with Crippen LogP contribution in [0.25, 0.3) is 0 Å². The van der Waals surface area contributed by atoms with Crippen LogP contribution < -0.4 is 25.0 Å². The highest BCUT2D eigenvalue weighted by Crippen LogP contribution is 2.50. The molecule has 0 bridgehead atoms. The standard InChI is InChI=1S/C31H41BrN4O5S/c1-3-34-26-16-24(17-27(19-26)36-11-7-8-12-42(36,39)40)31(38)35-29(15-22-9-5-4-6-10-22)30(37)21-33-20-23-13-25(32)18-28(14-23)41-2/h4-6,9-10,13-14,16-19,29-30,33-34,37,39-40H,3,7-8,11-12,15,20-21H2,1-2H3,(H,35,38)/t29-,30-/m0/s1. The summed E-state index contributed by atoms with van der Waals surface area (Å²) in [6.45, 7) is 3.87. The third kappa shape index (κ3) is 8.85. The number of benzene rings is 3. The van der Waals surface area contributed by atoms with Crippen LogP contribution in [0.5, 0.6) is 5.75 Å². The molecule has 0 spiro atoms. The topological polar surface area (TPSA) is 126 Å². The van der Waals surface area contributed by atoms with Gasteiger partial charge in [-0.15, -0.1) is 10.8 Å². The number of anilines is 2. The van der Waals surface area contributed by atoms with Crippen molar-refractivity contribution >= 4 is 44.0 Å². The molecule has 0 aliphatic carbocycles. The average molecular weight is 662 g/mol. The molecule has 1 aliphatic heterocycles. The molecule has 42 heavy (non-hydrogen) atoms. The van der Waals surface area contributed by atoms with Crippen molar-refractivity contribution in [1.82, 2.24) is 10.6 Å². The minimum atomic E-state index is -2.95. The molecular weight excluding hydrogens is 620 g/mol. The number of carbonyl (C=O) groups is 1. The van der Waals surface area contributed by atoms with Crippen LogP contribution in [-0.2, 0) is 13.0 Å². The van der Waals surface area contributed by atoms with E-state index in [-0.39, 0.29) is 12.5 Å². The number of ether oxygens (including phenoxy) is 1. The summed E-state index contributed by atoms with van der Waals surface area (Å²) in [5, 5.41) is 20.9. The van der Waals surface area contributed by atoms with E-state index in [2.05, 4.69) is 31.9 Å². The maximum Gasteiger partial charge on any atom is 0.251 e. The second-order valence-corrected chi connectivity index (χ2v) is 13.4. The minimum Gasteiger partial charge on any atom is -0.497 e. The highest BCUT2D eigenvalue weighted by Gasteiger charge is 2.28. The molecule has 6 N–H and O–H groups in total. The van der Waals surface area contributed by atoms with E-state index in [9.17, 15) is 19.0 Å². The molecule has 9 nitrogen and oxygen atoms in total. The number of hydrogen-bond donors (Lipinski definition) is 6. The molecule has 11 heteroatoms. The van der Waals surface area contributed by atoms with Gasteiger partial charge in [-0.2, -0.15) is 0 Å². The van der Waals surface area contributed by atoms with Gasteiger partial charge in [-0.1, -0.05) is 46.3 Å². The van der Waals surface area contributed by atoms with Crippen LogP contribution in [0, 0.1) is 0 Å². The summed E-state index contributed by atoms with van der Waals surface area (Å²) in [5.41, 5.74) is 3.66. The molecule has 1 heterocycles. The Labute approximate surface area is 258 Å². The van der Waals surface area contributed by atoms with E-state index in [1.165, 1.54) is 0 Å². The summed E-state index contributed by atoms with van der Waals surface area (Å²) in [7, 11) is -1.33. The average Bonchev–Trinajstić information content (AvgIpc) is 2.96. The van der Waals surface area contributed by atoms with Crippen LogP contribution >= 0.6 is 26.7 Å². The maximum absolute atomic E-state index is 13.7. The first kappa shape index (κ1) is 32.1. The van der Waals surface area contributed by atoms with Gasteiger partial charge in [0, 0.05) is 41.9 Å². The van der Waals surface area contributed by atoms with E-state index in [4.69, 9.17) is 4.74 Å². The Kier molecular flexibility index (Phi) is 11.5. The first-order valence-electron chi connectivity index (χ1n) is 14.2. The molecule has 4 rings (SSSR count). The van der Waals surface area contributed by atoms with Gasteiger partial charge in [-0.3, -0.25) is 18.2 Å². The number of carbonyl (C=O) groups excluding carboxylic acids is 1. The molecule has 228 valence electrons. The van der Waals surface area contributed by atoms with Crippen LogP contribution in [0.3, 0.4) is 0 Å². The Morgan fingerprint density at radius 1 is 1.07 bits per heavy atom. The van der Waals surface area contributed by atoms with E-state index < -0.39 is 22.9 Å². The Morgan fingerprint density at radius 2 is 1.86 bits per heavy atom. The van der Waals surface area contributed by atoms with E-state index in [0.29, 0.717) is 48.7 Å². The number of aliphatic hydroxyl groups is 1. The number of methoxy groups -OCH3 is 1. The highest BCUT2D eigenvalue weighted by atomic mass is 79.9. The minimum absolute atomic E-state index is 0.254. The van der Waals surface area contributed by atoms with Crippen LogP contribution in [0.4, 0.5) is 11.4 Å². The number of rotatable bonds is 13. The van der Waals surface area contributed by atoms with E-state index in [1.54, 1.807) is 23.5 Å². The molecular formula is C31H41BrN4O5S. The quantitative estimate of drug-likeness (QED) is 0.139. The van der Waals surface area contributed by atoms with Crippen LogP contribution in [-0.4, -0.2) is 64.8 Å². The normalized spacial score (nSPS) is 16.8. The largest absolute Gasteiger partial charge is 0.497 e. The number of aliphatic hydroxyl groups excluding tert-OH is 1. The van der Waals surface area contributed by atoms with Gasteiger partial charge < -0.3 is 25.8 Å². The second kappa shape index (κ2) is 15.1. The van der Waals surface area contributed by atoms with Crippen LogP contribution in [0.15, 0.2) is 71.2 Å². The van der Waals surface area contributed by atoms with Crippen molar-refractivity contribution in [2.75, 3.05) is 42.1 Å². The number of amides is 1. The van der Waals surface area contributed by atoms with Crippen molar-refractivity contribution in [3.8, 4) is 5.75 Å². The Balaban J connectivity index is 1.52. The number of nitrogens with one attached hydrogen (secondary N) is 3. The summed E-state index contributed by atoms with van der Waals surface area (Å²) in [5.74, 6) is 0.701. The van der Waals surface area contributed by atoms with Crippen molar-refractivity contribution in [3.63, 3.8) is 0 Å². The van der Waals surface area contributed by atoms with Gasteiger partial charge in [0.15, 0.2) is 0 Å². The van der Waals surface area contributed by atoms with Gasteiger partial charge in [0.2, 0.25) is 0 Å². The second-order valence-electron chi connectivity index (χ2n) is 10.4. The molecule has 1 aliphatic rings. The first-order valence-corrected chi connectivity index (χ1v) is 16.6. The molecule has 3 aromatic carbocycles. The first-order chi connectivity index (χ1) is 20.2. The van der Waals surface area contributed by atoms with Crippen LogP contribution in [0.1, 0.15) is 41.3 Å². The summed E-state index contributed by atoms with van der Waals surface area (Å²) in [4.78, 5) is 13.7. The summed E-state index contributed by atoms with van der Waals surface area (Å²) < 4.78 is 29.3. The van der Waals surface area contributed by atoms with Crippen molar-refractivity contribution < 1.29 is 23.7 Å². The summed E-state index contributed by atoms with van der Waals surface area (Å²) in [6.07, 6.45) is 1.15. The van der Waals surface area contributed by atoms with Gasteiger partial charge >= 0.3 is 0 Å². The van der Waals surface area contributed by atoms with Crippen molar-refractivity contribution in [2.24, 2.45) is 0 Å². The lowest BCUT2D eigenvalue weighted by Crippen LogP contribution is -2.48. The molecule has 0 radical (unpaired) electrons. The predicted octanol–water partition coefficient (Wildman–Crippen LogP) is 5.65. The Hall–Kier alpha value is -2.80. The van der Waals surface area contributed by atoms with Crippen molar-refractivity contribution in [1.29, 1.82) is 0 Å². The molecule has 0 aromatic heterocycles. The van der Waals surface area contributed by atoms with Crippen molar-refractivity contribution in [3.05, 3.63) is 87.9 Å². The molecule has 1 fully saturated rings. The lowest BCUT2D eigenvalue weighted by Gasteiger charge is -2.47.